The van der Waals surface area contributed by atoms with Gasteiger partial charge in [-0.2, -0.15) is 5.26 Å². The Labute approximate surface area is 103 Å². The highest BCUT2D eigenvalue weighted by Gasteiger charge is 2.22. The molecule has 1 aromatic rings. The maximum Gasteiger partial charge on any atom is 0.0672 e. The highest BCUT2D eigenvalue weighted by Crippen LogP contribution is 2.23. The number of rotatable bonds is 3. The molecule has 2 atom stereocenters. The van der Waals surface area contributed by atoms with Crippen molar-refractivity contribution in [1.82, 2.24) is 10.3 Å². The Kier molecular flexibility index (Phi) is 4.52. The van der Waals surface area contributed by atoms with Gasteiger partial charge < -0.3 is 5.32 Å². The summed E-state index contributed by atoms with van der Waals surface area (Å²) < 4.78 is 0. The van der Waals surface area contributed by atoms with Crippen LogP contribution in [0.5, 0.6) is 0 Å². The molecule has 0 spiro atoms. The van der Waals surface area contributed by atoms with Crippen molar-refractivity contribution >= 4 is 0 Å². The van der Waals surface area contributed by atoms with E-state index in [1.54, 1.807) is 0 Å². The number of hydrogen-bond donors (Lipinski definition) is 1. The summed E-state index contributed by atoms with van der Waals surface area (Å²) in [5.41, 5.74) is 1.24. The highest BCUT2D eigenvalue weighted by molar-refractivity contribution is 5.09. The molecular weight excluding hydrogens is 210 g/mol. The first kappa shape index (κ1) is 12.1. The monoisotopic (exact) mass is 229 g/mol. The summed E-state index contributed by atoms with van der Waals surface area (Å²) >= 11 is 0. The van der Waals surface area contributed by atoms with Gasteiger partial charge in [-0.3, -0.25) is 4.98 Å². The fraction of sp³-hybridized carbons (Fsp3) is 0.571. The van der Waals surface area contributed by atoms with Gasteiger partial charge in [-0.05, 0) is 30.5 Å². The first-order valence-electron chi connectivity index (χ1n) is 6.42. The van der Waals surface area contributed by atoms with E-state index in [0.717, 1.165) is 19.4 Å². The molecule has 1 aliphatic rings. The lowest BCUT2D eigenvalue weighted by atomic mass is 9.96. The van der Waals surface area contributed by atoms with Crippen LogP contribution in [0.2, 0.25) is 0 Å². The van der Waals surface area contributed by atoms with Gasteiger partial charge in [-0.25, -0.2) is 0 Å². The first-order valence-corrected chi connectivity index (χ1v) is 6.42. The summed E-state index contributed by atoms with van der Waals surface area (Å²) in [5.74, 6) is 0.180. The summed E-state index contributed by atoms with van der Waals surface area (Å²) in [5, 5.41) is 12.7. The van der Waals surface area contributed by atoms with Gasteiger partial charge in [0.2, 0.25) is 0 Å². The van der Waals surface area contributed by atoms with Crippen LogP contribution >= 0.6 is 0 Å². The van der Waals surface area contributed by atoms with Gasteiger partial charge in [0.15, 0.2) is 0 Å². The van der Waals surface area contributed by atoms with E-state index in [1.165, 1.54) is 24.8 Å². The van der Waals surface area contributed by atoms with E-state index in [-0.39, 0.29) is 5.92 Å². The number of hydrogen-bond acceptors (Lipinski definition) is 3. The lowest BCUT2D eigenvalue weighted by Crippen LogP contribution is -2.34. The van der Waals surface area contributed by atoms with Gasteiger partial charge in [0, 0.05) is 25.0 Å². The normalized spacial score (nSPS) is 24.9. The molecule has 1 N–H and O–H groups in total. The predicted octanol–water partition coefficient (Wildman–Crippen LogP) is 2.64. The van der Waals surface area contributed by atoms with E-state index in [9.17, 15) is 5.26 Å². The van der Waals surface area contributed by atoms with Gasteiger partial charge in [0.1, 0.15) is 0 Å². The van der Waals surface area contributed by atoms with Crippen molar-refractivity contribution in [3.63, 3.8) is 0 Å². The van der Waals surface area contributed by atoms with Gasteiger partial charge >= 0.3 is 0 Å². The smallest absolute Gasteiger partial charge is 0.0672 e. The minimum absolute atomic E-state index is 0.180. The van der Waals surface area contributed by atoms with E-state index in [0.29, 0.717) is 6.04 Å². The third kappa shape index (κ3) is 3.54. The summed E-state index contributed by atoms with van der Waals surface area (Å²) in [6.45, 7) is 0.839. The minimum Gasteiger partial charge on any atom is -0.309 e. The van der Waals surface area contributed by atoms with E-state index in [4.69, 9.17) is 0 Å². The van der Waals surface area contributed by atoms with Gasteiger partial charge in [-0.1, -0.05) is 19.3 Å². The zero-order valence-electron chi connectivity index (χ0n) is 10.1. The van der Waals surface area contributed by atoms with E-state index >= 15 is 0 Å². The Morgan fingerprint density at radius 2 is 2.00 bits per heavy atom. The van der Waals surface area contributed by atoms with Crippen LogP contribution < -0.4 is 5.32 Å². The number of nitriles is 1. The second-order valence-corrected chi connectivity index (χ2v) is 4.72. The van der Waals surface area contributed by atoms with Crippen LogP contribution in [0.4, 0.5) is 0 Å². The van der Waals surface area contributed by atoms with Crippen molar-refractivity contribution in [1.29, 1.82) is 5.26 Å². The molecule has 17 heavy (non-hydrogen) atoms. The summed E-state index contributed by atoms with van der Waals surface area (Å²) in [4.78, 5) is 4.01. The summed E-state index contributed by atoms with van der Waals surface area (Å²) in [6.07, 6.45) is 9.51. The molecule has 1 heterocycles. The fourth-order valence-electron chi connectivity index (χ4n) is 2.46. The Hall–Kier alpha value is -1.40. The largest absolute Gasteiger partial charge is 0.309 e. The topological polar surface area (TPSA) is 48.7 Å². The number of nitrogens with one attached hydrogen (secondary N) is 1. The quantitative estimate of drug-likeness (QED) is 0.811. The minimum atomic E-state index is 0.180. The number of pyridine rings is 1. The van der Waals surface area contributed by atoms with Crippen LogP contribution in [0.25, 0.3) is 0 Å². The Bertz CT molecular complexity index is 369. The maximum atomic E-state index is 9.18. The van der Waals surface area contributed by atoms with Gasteiger partial charge in [-0.15, -0.1) is 0 Å². The molecule has 0 aromatic carbocycles. The second kappa shape index (κ2) is 6.36. The van der Waals surface area contributed by atoms with Crippen LogP contribution in [-0.2, 0) is 6.54 Å². The Balaban J connectivity index is 1.90. The van der Waals surface area contributed by atoms with E-state index in [1.807, 2.05) is 24.5 Å². The average molecular weight is 229 g/mol. The average Bonchev–Trinajstić information content (AvgIpc) is 2.62. The SMILES string of the molecule is N#CC1CCCCCC1NCc1ccncc1. The summed E-state index contributed by atoms with van der Waals surface area (Å²) in [7, 11) is 0. The zero-order valence-corrected chi connectivity index (χ0v) is 10.1. The molecule has 3 heteroatoms. The van der Waals surface area contributed by atoms with Crippen molar-refractivity contribution < 1.29 is 0 Å². The molecule has 1 aliphatic carbocycles. The molecule has 2 unspecified atom stereocenters. The zero-order chi connectivity index (χ0) is 11.9. The van der Waals surface area contributed by atoms with Crippen molar-refractivity contribution in [3.05, 3.63) is 30.1 Å². The van der Waals surface area contributed by atoms with Gasteiger partial charge in [0.05, 0.1) is 12.0 Å². The number of nitrogens with zero attached hydrogens (tertiary/aromatic N) is 2. The third-order valence-electron chi connectivity index (χ3n) is 3.50. The van der Waals surface area contributed by atoms with Crippen molar-refractivity contribution in [2.24, 2.45) is 5.92 Å². The molecule has 90 valence electrons. The molecule has 3 nitrogen and oxygen atoms in total. The van der Waals surface area contributed by atoms with Crippen molar-refractivity contribution in [2.75, 3.05) is 0 Å². The first-order chi connectivity index (χ1) is 8.40. The highest BCUT2D eigenvalue weighted by atomic mass is 14.9. The third-order valence-corrected chi connectivity index (χ3v) is 3.50. The number of aromatic nitrogens is 1. The molecule has 0 aliphatic heterocycles. The van der Waals surface area contributed by atoms with Gasteiger partial charge in [0.25, 0.3) is 0 Å². The lowest BCUT2D eigenvalue weighted by molar-refractivity contribution is 0.393. The van der Waals surface area contributed by atoms with Crippen LogP contribution in [0, 0.1) is 17.2 Å². The van der Waals surface area contributed by atoms with E-state index < -0.39 is 0 Å². The standard InChI is InChI=1S/C14H19N3/c15-10-13-4-2-1-3-5-14(13)17-11-12-6-8-16-9-7-12/h6-9,13-14,17H,1-5,11H2. The molecule has 0 bridgehead atoms. The maximum absolute atomic E-state index is 9.18. The van der Waals surface area contributed by atoms with Crippen molar-refractivity contribution in [2.45, 2.75) is 44.7 Å². The molecule has 0 radical (unpaired) electrons. The molecule has 2 rings (SSSR count). The summed E-state index contributed by atoms with van der Waals surface area (Å²) in [6, 6.07) is 6.85. The van der Waals surface area contributed by atoms with Crippen LogP contribution in [0.15, 0.2) is 24.5 Å². The molecule has 1 saturated carbocycles. The molecule has 0 saturated heterocycles. The molecular formula is C14H19N3. The van der Waals surface area contributed by atoms with Crippen LogP contribution in [0.3, 0.4) is 0 Å². The van der Waals surface area contributed by atoms with E-state index in [2.05, 4.69) is 16.4 Å². The van der Waals surface area contributed by atoms with Crippen molar-refractivity contribution in [3.8, 4) is 6.07 Å². The molecule has 0 amide bonds. The molecule has 1 aromatic heterocycles. The lowest BCUT2D eigenvalue weighted by Gasteiger charge is -2.20. The fourth-order valence-corrected chi connectivity index (χ4v) is 2.46. The second-order valence-electron chi connectivity index (χ2n) is 4.72. The van der Waals surface area contributed by atoms with Crippen LogP contribution in [-0.4, -0.2) is 11.0 Å². The van der Waals surface area contributed by atoms with Crippen LogP contribution in [0.1, 0.15) is 37.7 Å². The molecule has 1 fully saturated rings. The Morgan fingerprint density at radius 1 is 1.24 bits per heavy atom. The Morgan fingerprint density at radius 3 is 2.76 bits per heavy atom. The predicted molar refractivity (Wildman–Crippen MR) is 67.1 cm³/mol.